The van der Waals surface area contributed by atoms with Crippen molar-refractivity contribution in [2.45, 2.75) is 25.2 Å². The number of rotatable bonds is 6. The lowest BCUT2D eigenvalue weighted by atomic mass is 9.94. The Bertz CT molecular complexity index is 1110. The molecular formula is C24H22N2O4. The Labute approximate surface area is 174 Å². The predicted octanol–water partition coefficient (Wildman–Crippen LogP) is 4.55. The van der Waals surface area contributed by atoms with Crippen molar-refractivity contribution in [3.63, 3.8) is 0 Å². The van der Waals surface area contributed by atoms with Gasteiger partial charge in [-0.05, 0) is 61.7 Å². The van der Waals surface area contributed by atoms with Gasteiger partial charge in [0.2, 0.25) is 12.7 Å². The summed E-state index contributed by atoms with van der Waals surface area (Å²) in [6, 6.07) is 19.1. The van der Waals surface area contributed by atoms with Crippen LogP contribution in [0, 0.1) is 0 Å². The average molecular weight is 402 g/mol. The number of hydrogen-bond donors (Lipinski definition) is 1. The monoisotopic (exact) mass is 402 g/mol. The standard InChI is InChI=1S/C24H22N2O4/c1-2-28-19-8-4-3-6-17(19)18-7-5-9-22(25-18)26-23(27)24(12-13-24)16-10-11-20-21(14-16)30-15-29-20/h3-11,14H,2,12-13,15H2,1H3,(H,25,26,27). The fraction of sp³-hybridized carbons (Fsp3) is 0.250. The van der Waals surface area contributed by atoms with E-state index in [0.29, 0.717) is 18.2 Å². The average Bonchev–Trinajstić information content (AvgIpc) is 3.45. The Morgan fingerprint density at radius 2 is 1.90 bits per heavy atom. The van der Waals surface area contributed by atoms with Crippen LogP contribution < -0.4 is 19.5 Å². The van der Waals surface area contributed by atoms with Crippen LogP contribution in [0.1, 0.15) is 25.3 Å². The van der Waals surface area contributed by atoms with Crippen molar-refractivity contribution >= 4 is 11.7 Å². The zero-order valence-electron chi connectivity index (χ0n) is 16.7. The fourth-order valence-corrected chi connectivity index (χ4v) is 3.82. The zero-order valence-corrected chi connectivity index (χ0v) is 16.7. The number of fused-ring (bicyclic) bond motifs is 1. The summed E-state index contributed by atoms with van der Waals surface area (Å²) in [5.74, 6) is 2.66. The molecule has 2 heterocycles. The number of aromatic nitrogens is 1. The van der Waals surface area contributed by atoms with Gasteiger partial charge < -0.3 is 19.5 Å². The van der Waals surface area contributed by atoms with Crippen LogP contribution in [0.15, 0.2) is 60.7 Å². The molecule has 1 saturated carbocycles. The summed E-state index contributed by atoms with van der Waals surface area (Å²) in [6.45, 7) is 2.75. The summed E-state index contributed by atoms with van der Waals surface area (Å²) in [7, 11) is 0. The zero-order chi connectivity index (χ0) is 20.6. The third kappa shape index (κ3) is 3.24. The maximum absolute atomic E-state index is 13.2. The number of carbonyl (C=O) groups excluding carboxylic acids is 1. The molecule has 0 spiro atoms. The van der Waals surface area contributed by atoms with Crippen molar-refractivity contribution in [2.24, 2.45) is 0 Å². The van der Waals surface area contributed by atoms with Gasteiger partial charge in [-0.15, -0.1) is 0 Å². The van der Waals surface area contributed by atoms with Crippen molar-refractivity contribution in [1.82, 2.24) is 4.98 Å². The first-order valence-corrected chi connectivity index (χ1v) is 10.1. The van der Waals surface area contributed by atoms with Gasteiger partial charge in [0.15, 0.2) is 11.5 Å². The summed E-state index contributed by atoms with van der Waals surface area (Å²) in [6.07, 6.45) is 1.59. The van der Waals surface area contributed by atoms with Crippen molar-refractivity contribution in [3.8, 4) is 28.5 Å². The van der Waals surface area contributed by atoms with Crippen LogP contribution in [0.25, 0.3) is 11.3 Å². The Hall–Kier alpha value is -3.54. The normalized spacial score (nSPS) is 15.5. The Morgan fingerprint density at radius 3 is 2.73 bits per heavy atom. The van der Waals surface area contributed by atoms with Gasteiger partial charge in [0.1, 0.15) is 11.6 Å². The first-order chi connectivity index (χ1) is 14.7. The molecule has 1 aliphatic heterocycles. The molecule has 6 nitrogen and oxygen atoms in total. The Kier molecular flexibility index (Phi) is 4.54. The van der Waals surface area contributed by atoms with E-state index >= 15 is 0 Å². The second-order valence-corrected chi connectivity index (χ2v) is 7.44. The molecule has 5 rings (SSSR count). The van der Waals surface area contributed by atoms with Crippen LogP contribution in [0.5, 0.6) is 17.2 Å². The number of hydrogen-bond acceptors (Lipinski definition) is 5. The lowest BCUT2D eigenvalue weighted by Gasteiger charge is -2.16. The molecule has 0 atom stereocenters. The number of amides is 1. The molecule has 30 heavy (non-hydrogen) atoms. The molecule has 0 radical (unpaired) electrons. The molecule has 0 saturated heterocycles. The number of ether oxygens (including phenoxy) is 3. The first kappa shape index (κ1) is 18.5. The van der Waals surface area contributed by atoms with Gasteiger partial charge in [0, 0.05) is 5.56 Å². The molecule has 3 aromatic rings. The summed E-state index contributed by atoms with van der Waals surface area (Å²) >= 11 is 0. The molecule has 2 aliphatic rings. The third-order valence-corrected chi connectivity index (χ3v) is 5.56. The molecule has 1 aromatic heterocycles. The Morgan fingerprint density at radius 1 is 1.07 bits per heavy atom. The Balaban J connectivity index is 1.39. The van der Waals surface area contributed by atoms with Crippen LogP contribution in [0.3, 0.4) is 0 Å². The quantitative estimate of drug-likeness (QED) is 0.655. The number of para-hydroxylation sites is 1. The van der Waals surface area contributed by atoms with Crippen molar-refractivity contribution in [1.29, 1.82) is 0 Å². The molecule has 1 fully saturated rings. The minimum absolute atomic E-state index is 0.0518. The number of nitrogens with zero attached hydrogens (tertiary/aromatic N) is 1. The van der Waals surface area contributed by atoms with E-state index in [1.807, 2.05) is 61.5 Å². The molecular weight excluding hydrogens is 380 g/mol. The maximum atomic E-state index is 13.2. The first-order valence-electron chi connectivity index (χ1n) is 10.1. The van der Waals surface area contributed by atoms with E-state index in [1.54, 1.807) is 6.07 Å². The highest BCUT2D eigenvalue weighted by molar-refractivity contribution is 6.01. The predicted molar refractivity (Wildman–Crippen MR) is 113 cm³/mol. The molecule has 152 valence electrons. The van der Waals surface area contributed by atoms with E-state index in [0.717, 1.165) is 41.2 Å². The van der Waals surface area contributed by atoms with Gasteiger partial charge in [0.25, 0.3) is 0 Å². The van der Waals surface area contributed by atoms with E-state index in [2.05, 4.69) is 10.3 Å². The largest absolute Gasteiger partial charge is 0.493 e. The maximum Gasteiger partial charge on any atom is 0.236 e. The van der Waals surface area contributed by atoms with E-state index in [-0.39, 0.29) is 12.7 Å². The number of nitrogens with one attached hydrogen (secondary N) is 1. The molecule has 0 bridgehead atoms. The number of benzene rings is 2. The number of anilines is 1. The second kappa shape index (κ2) is 7.37. The highest BCUT2D eigenvalue weighted by atomic mass is 16.7. The highest BCUT2D eigenvalue weighted by Crippen LogP contribution is 2.51. The van der Waals surface area contributed by atoms with Gasteiger partial charge in [-0.1, -0.05) is 24.3 Å². The van der Waals surface area contributed by atoms with Gasteiger partial charge >= 0.3 is 0 Å². The van der Waals surface area contributed by atoms with Gasteiger partial charge in [-0.2, -0.15) is 0 Å². The molecule has 0 unspecified atom stereocenters. The van der Waals surface area contributed by atoms with E-state index in [9.17, 15) is 4.79 Å². The molecule has 1 aliphatic carbocycles. The van der Waals surface area contributed by atoms with Crippen LogP contribution in [-0.4, -0.2) is 24.3 Å². The minimum Gasteiger partial charge on any atom is -0.493 e. The van der Waals surface area contributed by atoms with Crippen LogP contribution >= 0.6 is 0 Å². The smallest absolute Gasteiger partial charge is 0.236 e. The van der Waals surface area contributed by atoms with E-state index in [1.165, 1.54) is 0 Å². The van der Waals surface area contributed by atoms with Gasteiger partial charge in [0.05, 0.1) is 17.7 Å². The van der Waals surface area contributed by atoms with Crippen LogP contribution in [-0.2, 0) is 10.2 Å². The van der Waals surface area contributed by atoms with Crippen molar-refractivity contribution < 1.29 is 19.0 Å². The molecule has 1 amide bonds. The molecule has 1 N–H and O–H groups in total. The lowest BCUT2D eigenvalue weighted by molar-refractivity contribution is -0.118. The summed E-state index contributed by atoms with van der Waals surface area (Å²) in [5, 5.41) is 3.01. The number of carbonyl (C=O) groups is 1. The summed E-state index contributed by atoms with van der Waals surface area (Å²) in [4.78, 5) is 17.8. The fourth-order valence-electron chi connectivity index (χ4n) is 3.82. The van der Waals surface area contributed by atoms with E-state index in [4.69, 9.17) is 14.2 Å². The van der Waals surface area contributed by atoms with Crippen molar-refractivity contribution in [3.05, 3.63) is 66.2 Å². The SMILES string of the molecule is CCOc1ccccc1-c1cccc(NC(=O)C2(c3ccc4c(c3)OCO4)CC2)n1. The van der Waals surface area contributed by atoms with Crippen LogP contribution in [0.2, 0.25) is 0 Å². The minimum atomic E-state index is -0.540. The van der Waals surface area contributed by atoms with Crippen LogP contribution in [0.4, 0.5) is 5.82 Å². The topological polar surface area (TPSA) is 69.7 Å². The summed E-state index contributed by atoms with van der Waals surface area (Å²) in [5.41, 5.74) is 2.06. The molecule has 2 aromatic carbocycles. The lowest BCUT2D eigenvalue weighted by Crippen LogP contribution is -2.28. The second-order valence-electron chi connectivity index (χ2n) is 7.44. The van der Waals surface area contributed by atoms with Crippen molar-refractivity contribution in [2.75, 3.05) is 18.7 Å². The summed E-state index contributed by atoms with van der Waals surface area (Å²) < 4.78 is 16.6. The van der Waals surface area contributed by atoms with Gasteiger partial charge in [-0.25, -0.2) is 4.98 Å². The van der Waals surface area contributed by atoms with E-state index < -0.39 is 5.41 Å². The number of pyridine rings is 1. The molecule has 6 heteroatoms. The third-order valence-electron chi connectivity index (χ3n) is 5.56. The van der Waals surface area contributed by atoms with Gasteiger partial charge in [-0.3, -0.25) is 4.79 Å². The highest BCUT2D eigenvalue weighted by Gasteiger charge is 2.51.